The van der Waals surface area contributed by atoms with Crippen molar-refractivity contribution in [2.24, 2.45) is 0 Å². The molecule has 1 aromatic heterocycles. The fourth-order valence-corrected chi connectivity index (χ4v) is 2.99. The van der Waals surface area contributed by atoms with Crippen molar-refractivity contribution in [3.05, 3.63) is 16.6 Å². The highest BCUT2D eigenvalue weighted by atomic mass is 35.5. The van der Waals surface area contributed by atoms with E-state index in [0.29, 0.717) is 5.13 Å². The third-order valence-corrected chi connectivity index (χ3v) is 4.33. The molecule has 10 heteroatoms. The first-order chi connectivity index (χ1) is 10.0. The second-order valence-electron chi connectivity index (χ2n) is 4.34. The molecule has 0 bridgehead atoms. The summed E-state index contributed by atoms with van der Waals surface area (Å²) in [5.74, 6) is 0. The van der Waals surface area contributed by atoms with Crippen molar-refractivity contribution in [3.63, 3.8) is 0 Å². The van der Waals surface area contributed by atoms with Crippen molar-refractivity contribution in [1.82, 2.24) is 4.98 Å². The van der Waals surface area contributed by atoms with Gasteiger partial charge in [0.1, 0.15) is 24.4 Å². The summed E-state index contributed by atoms with van der Waals surface area (Å²) in [5.41, 5.74) is 0. The molecule has 0 radical (unpaired) electrons. The Labute approximate surface area is 129 Å². The van der Waals surface area contributed by atoms with Crippen LogP contribution in [0.2, 0.25) is 5.15 Å². The third kappa shape index (κ3) is 3.27. The van der Waals surface area contributed by atoms with Crippen LogP contribution < -0.4 is 5.32 Å². The van der Waals surface area contributed by atoms with Gasteiger partial charge in [0, 0.05) is 7.11 Å². The second kappa shape index (κ2) is 6.85. The van der Waals surface area contributed by atoms with Crippen LogP contribution in [0.4, 0.5) is 10.1 Å². The van der Waals surface area contributed by atoms with Gasteiger partial charge in [-0.2, -0.15) is 0 Å². The molecule has 1 aliphatic heterocycles. The lowest BCUT2D eigenvalue weighted by molar-refractivity contribution is -0.254. The average Bonchev–Trinajstić information content (AvgIpc) is 2.84. The number of rotatable bonds is 4. The Morgan fingerprint density at radius 1 is 1.52 bits per heavy atom. The Morgan fingerprint density at radius 3 is 2.76 bits per heavy atom. The van der Waals surface area contributed by atoms with Crippen LogP contribution in [0.15, 0.2) is 0 Å². The van der Waals surface area contributed by atoms with Gasteiger partial charge in [-0.25, -0.2) is 9.83 Å². The lowest BCUT2D eigenvalue weighted by atomic mass is 9.97. The summed E-state index contributed by atoms with van der Waals surface area (Å²) in [6, 6.07) is -0.825. The van der Waals surface area contributed by atoms with E-state index in [-0.39, 0.29) is 10.2 Å². The summed E-state index contributed by atoms with van der Waals surface area (Å²) in [6.45, 7) is 6.48. The summed E-state index contributed by atoms with van der Waals surface area (Å²) in [4.78, 5) is 7.16. The highest BCUT2D eigenvalue weighted by Crippen LogP contribution is 2.36. The molecular weight excluding hydrogens is 322 g/mol. The highest BCUT2D eigenvalue weighted by Gasteiger charge is 2.44. The minimum absolute atomic E-state index is 0.0615. The van der Waals surface area contributed by atoms with Crippen LogP contribution in [0.5, 0.6) is 0 Å². The maximum absolute atomic E-state index is 10.1. The van der Waals surface area contributed by atoms with Gasteiger partial charge in [-0.15, -0.1) is 11.3 Å². The molecule has 1 aromatic rings. The number of nitrogens with one attached hydrogen (secondary N) is 1. The quantitative estimate of drug-likeness (QED) is 0.583. The fraction of sp³-hybridized carbons (Fsp3) is 0.636. The van der Waals surface area contributed by atoms with E-state index in [4.69, 9.17) is 32.8 Å². The van der Waals surface area contributed by atoms with E-state index in [9.17, 15) is 10.2 Å². The zero-order chi connectivity index (χ0) is 15.6. The van der Waals surface area contributed by atoms with Gasteiger partial charge < -0.3 is 30.1 Å². The molecule has 116 valence electrons. The summed E-state index contributed by atoms with van der Waals surface area (Å²) < 4.78 is 10.5. The standard InChI is InChI=1S/C11H14ClN3O5S/c1-13-9-8(12)15-11(21-9)14-5-7(18)6(17)4(3-16)20-10(5)19-2/h4-7,10,16-18H,3H2,2H3,(H,14,15)/t4-,5+,6+,7-,10-/m1/s1. The summed E-state index contributed by atoms with van der Waals surface area (Å²) >= 11 is 6.80. The first-order valence-electron chi connectivity index (χ1n) is 5.97. The van der Waals surface area contributed by atoms with Gasteiger partial charge >= 0.3 is 0 Å². The maximum atomic E-state index is 10.1. The minimum Gasteiger partial charge on any atom is -0.394 e. The van der Waals surface area contributed by atoms with Crippen molar-refractivity contribution in [2.75, 3.05) is 19.0 Å². The number of halogens is 1. The Morgan fingerprint density at radius 2 is 2.24 bits per heavy atom. The SMILES string of the molecule is [C-]#[N+]c1sc(N[C@@H]2[C@H](OC)O[C@H](CO)[C@H](O)[C@@H]2O)nc1Cl. The number of hydrogen-bond acceptors (Lipinski definition) is 8. The van der Waals surface area contributed by atoms with Crippen LogP contribution in [-0.2, 0) is 9.47 Å². The van der Waals surface area contributed by atoms with Gasteiger partial charge in [0.2, 0.25) is 0 Å². The van der Waals surface area contributed by atoms with Gasteiger partial charge in [0.05, 0.1) is 13.2 Å². The number of anilines is 1. The molecule has 8 nitrogen and oxygen atoms in total. The van der Waals surface area contributed by atoms with E-state index in [1.165, 1.54) is 7.11 Å². The van der Waals surface area contributed by atoms with Crippen LogP contribution in [0.25, 0.3) is 4.85 Å². The smallest absolute Gasteiger partial charge is 0.280 e. The van der Waals surface area contributed by atoms with Crippen LogP contribution in [0.1, 0.15) is 0 Å². The Balaban J connectivity index is 2.18. The van der Waals surface area contributed by atoms with Crippen LogP contribution in [0, 0.1) is 6.57 Å². The molecule has 2 heterocycles. The molecule has 0 unspecified atom stereocenters. The second-order valence-corrected chi connectivity index (χ2v) is 5.67. The number of hydrogen-bond donors (Lipinski definition) is 4. The molecule has 0 aromatic carbocycles. The van der Waals surface area contributed by atoms with E-state index < -0.39 is 37.3 Å². The number of nitrogens with zero attached hydrogens (tertiary/aromatic N) is 2. The zero-order valence-electron chi connectivity index (χ0n) is 10.9. The maximum Gasteiger partial charge on any atom is 0.280 e. The highest BCUT2D eigenvalue weighted by molar-refractivity contribution is 7.20. The van der Waals surface area contributed by atoms with E-state index >= 15 is 0 Å². The molecule has 1 saturated heterocycles. The van der Waals surface area contributed by atoms with Crippen molar-refractivity contribution in [1.29, 1.82) is 0 Å². The lowest BCUT2D eigenvalue weighted by Gasteiger charge is -2.41. The Hall–Kier alpha value is -0.990. The van der Waals surface area contributed by atoms with Crippen molar-refractivity contribution in [3.8, 4) is 0 Å². The van der Waals surface area contributed by atoms with Crippen molar-refractivity contribution < 1.29 is 24.8 Å². The van der Waals surface area contributed by atoms with Gasteiger partial charge in [0.25, 0.3) is 5.00 Å². The summed E-state index contributed by atoms with van der Waals surface area (Å²) in [5, 5.41) is 32.5. The first kappa shape index (κ1) is 16.4. The molecule has 1 fully saturated rings. The molecule has 4 N–H and O–H groups in total. The number of aliphatic hydroxyl groups excluding tert-OH is 3. The van der Waals surface area contributed by atoms with Crippen LogP contribution >= 0.6 is 22.9 Å². The van der Waals surface area contributed by atoms with E-state index in [1.807, 2.05) is 0 Å². The number of methoxy groups -OCH3 is 1. The molecule has 21 heavy (non-hydrogen) atoms. The molecule has 0 amide bonds. The number of ether oxygens (including phenoxy) is 2. The Bertz CT molecular complexity index is 534. The van der Waals surface area contributed by atoms with E-state index in [0.717, 1.165) is 11.3 Å². The van der Waals surface area contributed by atoms with Crippen LogP contribution in [-0.4, -0.2) is 64.7 Å². The van der Waals surface area contributed by atoms with Gasteiger partial charge in [-0.05, 0) is 0 Å². The monoisotopic (exact) mass is 335 g/mol. The van der Waals surface area contributed by atoms with Crippen molar-refractivity contribution in [2.45, 2.75) is 30.6 Å². The fourth-order valence-electron chi connectivity index (χ4n) is 2.00. The minimum atomic E-state index is -1.28. The van der Waals surface area contributed by atoms with E-state index in [2.05, 4.69) is 15.1 Å². The summed E-state index contributed by atoms with van der Waals surface area (Å²) in [7, 11) is 1.37. The molecule has 2 rings (SSSR count). The molecule has 5 atom stereocenters. The average molecular weight is 336 g/mol. The molecule has 1 aliphatic rings. The number of thiazole rings is 1. The van der Waals surface area contributed by atoms with E-state index in [1.54, 1.807) is 0 Å². The third-order valence-electron chi connectivity index (χ3n) is 3.07. The van der Waals surface area contributed by atoms with Gasteiger partial charge in [-0.3, -0.25) is 0 Å². The molecule has 0 saturated carbocycles. The zero-order valence-corrected chi connectivity index (χ0v) is 12.5. The summed E-state index contributed by atoms with van der Waals surface area (Å²) in [6.07, 6.45) is -4.38. The molecule has 0 aliphatic carbocycles. The molecule has 0 spiro atoms. The first-order valence-corrected chi connectivity index (χ1v) is 7.16. The predicted molar refractivity (Wildman–Crippen MR) is 75.6 cm³/mol. The lowest BCUT2D eigenvalue weighted by Crippen LogP contribution is -2.61. The van der Waals surface area contributed by atoms with Gasteiger partial charge in [-0.1, -0.05) is 11.6 Å². The largest absolute Gasteiger partial charge is 0.394 e. The van der Waals surface area contributed by atoms with Gasteiger partial charge in [0.15, 0.2) is 16.6 Å². The predicted octanol–water partition coefficient (Wildman–Crippen LogP) is 0.213. The molecular formula is C11H14ClN3O5S. The topological polar surface area (TPSA) is 108 Å². The Kier molecular flexibility index (Phi) is 5.34. The van der Waals surface area contributed by atoms with Crippen molar-refractivity contribution >= 4 is 33.1 Å². The normalized spacial score (nSPS) is 32.7. The number of aromatic nitrogens is 1. The number of aliphatic hydroxyl groups is 3. The van der Waals surface area contributed by atoms with Crippen LogP contribution in [0.3, 0.4) is 0 Å².